The third-order valence-electron chi connectivity index (χ3n) is 5.37. The maximum absolute atomic E-state index is 12.8. The third-order valence-corrected chi connectivity index (χ3v) is 8.68. The maximum atomic E-state index is 12.8. The minimum absolute atomic E-state index is 0.287. The molecule has 0 aliphatic carbocycles. The molecule has 10 nitrogen and oxygen atoms in total. The minimum atomic E-state index is -4.04. The maximum Gasteiger partial charge on any atom is 0.331 e. The number of amides is 2. The first kappa shape index (κ1) is 25.4. The average molecular weight is 557 g/mol. The Morgan fingerprint density at radius 2 is 2.06 bits per heavy atom. The Labute approximate surface area is 216 Å². The fourth-order valence-corrected chi connectivity index (χ4v) is 6.54. The van der Waals surface area contributed by atoms with Crippen molar-refractivity contribution in [2.24, 2.45) is 0 Å². The van der Waals surface area contributed by atoms with Gasteiger partial charge in [0.2, 0.25) is 21.7 Å². The van der Waals surface area contributed by atoms with Crippen LogP contribution in [0.3, 0.4) is 0 Å². The molecule has 3 aromatic rings. The summed E-state index contributed by atoms with van der Waals surface area (Å²) < 4.78 is 33.3. The van der Waals surface area contributed by atoms with Crippen LogP contribution in [0.4, 0.5) is 10.6 Å². The number of aromatic nitrogens is 3. The number of piperazine rings is 1. The molecule has 0 aromatic carbocycles. The van der Waals surface area contributed by atoms with Gasteiger partial charge in [-0.15, -0.1) is 17.9 Å². The quantitative estimate of drug-likeness (QED) is 0.430. The van der Waals surface area contributed by atoms with E-state index in [0.29, 0.717) is 56.8 Å². The highest BCUT2D eigenvalue weighted by atomic mass is 35.5. The number of pyridine rings is 1. The molecule has 35 heavy (non-hydrogen) atoms. The number of halogens is 2. The number of nitrogens with one attached hydrogen (secondary N) is 1. The number of carbonyl (C=O) groups is 1. The molecule has 1 atom stereocenters. The molecule has 1 unspecified atom stereocenters. The van der Waals surface area contributed by atoms with Crippen LogP contribution in [0.1, 0.15) is 22.9 Å². The SMILES string of the molecule is C=CC(c1ccc(Cl)s1)S(=O)(=O)NC(=O)N1CCN(c2ncc(-c3noc(CC)n3)cc2Cl)CC1. The van der Waals surface area contributed by atoms with E-state index in [1.54, 1.807) is 24.4 Å². The van der Waals surface area contributed by atoms with Gasteiger partial charge in [-0.3, -0.25) is 0 Å². The van der Waals surface area contributed by atoms with Crippen LogP contribution < -0.4 is 9.62 Å². The fraction of sp³-hybridized carbons (Fsp3) is 0.333. The number of aryl methyl sites for hydroxylation is 1. The van der Waals surface area contributed by atoms with Gasteiger partial charge in [0.25, 0.3) is 0 Å². The highest BCUT2D eigenvalue weighted by molar-refractivity contribution is 7.90. The van der Waals surface area contributed by atoms with Crippen molar-refractivity contribution in [3.63, 3.8) is 0 Å². The summed E-state index contributed by atoms with van der Waals surface area (Å²) in [6.45, 7) is 6.93. The van der Waals surface area contributed by atoms with Gasteiger partial charge >= 0.3 is 6.03 Å². The van der Waals surface area contributed by atoms with Crippen LogP contribution >= 0.6 is 34.5 Å². The van der Waals surface area contributed by atoms with Gasteiger partial charge in [0.05, 0.1) is 9.36 Å². The molecule has 4 heterocycles. The number of hydrogen-bond acceptors (Lipinski definition) is 9. The van der Waals surface area contributed by atoms with E-state index in [4.69, 9.17) is 27.7 Å². The number of urea groups is 1. The summed E-state index contributed by atoms with van der Waals surface area (Å²) in [5, 5.41) is 3.25. The third kappa shape index (κ3) is 5.61. The van der Waals surface area contributed by atoms with Crippen molar-refractivity contribution in [2.75, 3.05) is 31.1 Å². The first-order valence-corrected chi connectivity index (χ1v) is 13.8. The first-order valence-electron chi connectivity index (χ1n) is 10.6. The second-order valence-corrected chi connectivity index (χ2v) is 11.6. The standard InChI is InChI=1S/C21H22Cl2N6O4S2/c1-3-16(15-5-6-17(23)34-15)35(31,32)27-21(30)29-9-7-28(8-10-29)20-14(22)11-13(12-24-20)19-25-18(4-2)33-26-19/h3,5-6,11-12,16H,1,4,7-10H2,2H3,(H,27,30). The van der Waals surface area contributed by atoms with Crippen LogP contribution in [-0.2, 0) is 16.4 Å². The number of hydrogen-bond donors (Lipinski definition) is 1. The van der Waals surface area contributed by atoms with Crippen molar-refractivity contribution < 1.29 is 17.7 Å². The van der Waals surface area contributed by atoms with E-state index < -0.39 is 21.3 Å². The molecule has 0 bridgehead atoms. The highest BCUT2D eigenvalue weighted by Crippen LogP contribution is 2.32. The normalized spacial score (nSPS) is 15.2. The Hall–Kier alpha value is -2.67. The topological polar surface area (TPSA) is 122 Å². The molecule has 1 saturated heterocycles. The zero-order chi connectivity index (χ0) is 25.2. The molecule has 4 rings (SSSR count). The van der Waals surface area contributed by atoms with Gasteiger partial charge in [-0.1, -0.05) is 41.4 Å². The Bertz CT molecular complexity index is 1340. The summed E-state index contributed by atoms with van der Waals surface area (Å²) in [5.41, 5.74) is 0.634. The lowest BCUT2D eigenvalue weighted by atomic mass is 10.2. The van der Waals surface area contributed by atoms with Gasteiger partial charge < -0.3 is 14.3 Å². The van der Waals surface area contributed by atoms with Gasteiger partial charge in [0, 0.05) is 49.2 Å². The molecule has 0 radical (unpaired) electrons. The number of carbonyl (C=O) groups excluding carboxylic acids is 1. The molecule has 3 aromatic heterocycles. The van der Waals surface area contributed by atoms with Gasteiger partial charge in [-0.2, -0.15) is 4.98 Å². The zero-order valence-electron chi connectivity index (χ0n) is 18.6. The second-order valence-electron chi connectivity index (χ2n) is 7.62. The molecular formula is C21H22Cl2N6O4S2. The summed E-state index contributed by atoms with van der Waals surface area (Å²) >= 11 is 13.5. The van der Waals surface area contributed by atoms with Gasteiger partial charge in [0.15, 0.2) is 0 Å². The monoisotopic (exact) mass is 556 g/mol. The van der Waals surface area contributed by atoms with E-state index >= 15 is 0 Å². The van der Waals surface area contributed by atoms with Crippen molar-refractivity contribution in [3.8, 4) is 11.4 Å². The van der Waals surface area contributed by atoms with Crippen LogP contribution in [0, 0.1) is 0 Å². The summed E-state index contributed by atoms with van der Waals surface area (Å²) in [6.07, 6.45) is 3.51. The Balaban J connectivity index is 1.38. The van der Waals surface area contributed by atoms with Crippen LogP contribution in [0.2, 0.25) is 9.36 Å². The van der Waals surface area contributed by atoms with Crippen LogP contribution in [0.5, 0.6) is 0 Å². The Kier molecular flexibility index (Phi) is 7.64. The molecule has 1 aliphatic rings. The summed E-state index contributed by atoms with van der Waals surface area (Å²) in [7, 11) is -4.04. The largest absolute Gasteiger partial charge is 0.352 e. The summed E-state index contributed by atoms with van der Waals surface area (Å²) in [5.74, 6) is 1.49. The van der Waals surface area contributed by atoms with Crippen molar-refractivity contribution in [2.45, 2.75) is 18.6 Å². The van der Waals surface area contributed by atoms with E-state index in [2.05, 4.69) is 26.4 Å². The number of sulfonamides is 1. The van der Waals surface area contributed by atoms with Crippen LogP contribution in [0.15, 0.2) is 41.6 Å². The predicted octanol–water partition coefficient (Wildman–Crippen LogP) is 4.15. The number of nitrogens with zero attached hydrogens (tertiary/aromatic N) is 5. The lowest BCUT2D eigenvalue weighted by Crippen LogP contribution is -2.53. The summed E-state index contributed by atoms with van der Waals surface area (Å²) in [6, 6.07) is 4.22. The number of anilines is 1. The molecule has 1 fully saturated rings. The molecule has 0 saturated carbocycles. The van der Waals surface area contributed by atoms with E-state index in [1.165, 1.54) is 11.0 Å². The molecule has 0 spiro atoms. The number of thiophene rings is 1. The van der Waals surface area contributed by atoms with Crippen molar-refractivity contribution in [1.29, 1.82) is 0 Å². The fourth-order valence-electron chi connectivity index (χ4n) is 3.55. The van der Waals surface area contributed by atoms with E-state index in [-0.39, 0.29) is 13.1 Å². The van der Waals surface area contributed by atoms with Crippen LogP contribution in [-0.4, -0.2) is 60.7 Å². The van der Waals surface area contributed by atoms with Crippen molar-refractivity contribution in [3.05, 3.63) is 57.2 Å². The highest BCUT2D eigenvalue weighted by Gasteiger charge is 2.31. The molecule has 2 amide bonds. The van der Waals surface area contributed by atoms with E-state index in [1.807, 2.05) is 11.8 Å². The molecule has 1 aliphatic heterocycles. The summed E-state index contributed by atoms with van der Waals surface area (Å²) in [4.78, 5) is 25.3. The lowest BCUT2D eigenvalue weighted by molar-refractivity contribution is 0.200. The van der Waals surface area contributed by atoms with Crippen molar-refractivity contribution in [1.82, 2.24) is 24.7 Å². The number of rotatable bonds is 7. The molecule has 1 N–H and O–H groups in total. The average Bonchev–Trinajstić information content (AvgIpc) is 3.48. The van der Waals surface area contributed by atoms with Gasteiger partial charge in [-0.25, -0.2) is 22.9 Å². The second kappa shape index (κ2) is 10.5. The van der Waals surface area contributed by atoms with Gasteiger partial charge in [0.1, 0.15) is 11.1 Å². The Morgan fingerprint density at radius 3 is 2.63 bits per heavy atom. The minimum Gasteiger partial charge on any atom is -0.352 e. The van der Waals surface area contributed by atoms with Crippen LogP contribution in [0.25, 0.3) is 11.4 Å². The molecular weight excluding hydrogens is 535 g/mol. The van der Waals surface area contributed by atoms with E-state index in [0.717, 1.165) is 11.3 Å². The predicted molar refractivity (Wildman–Crippen MR) is 135 cm³/mol. The molecule has 186 valence electrons. The molecule has 14 heteroatoms. The van der Waals surface area contributed by atoms with Crippen molar-refractivity contribution >= 4 is 56.4 Å². The van der Waals surface area contributed by atoms with Gasteiger partial charge in [-0.05, 0) is 18.2 Å². The smallest absolute Gasteiger partial charge is 0.331 e. The first-order chi connectivity index (χ1) is 16.7. The Morgan fingerprint density at radius 1 is 1.31 bits per heavy atom. The lowest BCUT2D eigenvalue weighted by Gasteiger charge is -2.35. The van der Waals surface area contributed by atoms with E-state index in [9.17, 15) is 13.2 Å². The zero-order valence-corrected chi connectivity index (χ0v) is 21.8.